The zero-order valence-electron chi connectivity index (χ0n) is 31.7. The van der Waals surface area contributed by atoms with Crippen molar-refractivity contribution in [3.8, 4) is 0 Å². The Morgan fingerprint density at radius 1 is 0.852 bits per heavy atom. The lowest BCUT2D eigenvalue weighted by atomic mass is 9.83. The lowest BCUT2D eigenvalue weighted by Gasteiger charge is -2.39. The van der Waals surface area contributed by atoms with Gasteiger partial charge in [0.25, 0.3) is 0 Å². The fraction of sp³-hybridized carbons (Fsp3) is 0.585. The van der Waals surface area contributed by atoms with Crippen molar-refractivity contribution < 1.29 is 28.3 Å². The molecule has 294 valence electrons. The number of ether oxygens (including phenoxy) is 1. The van der Waals surface area contributed by atoms with Crippen LogP contribution in [0.15, 0.2) is 42.5 Å². The van der Waals surface area contributed by atoms with Crippen molar-refractivity contribution in [1.29, 1.82) is 5.41 Å². The van der Waals surface area contributed by atoms with Gasteiger partial charge in [-0.25, -0.2) is 4.39 Å². The molecule has 3 saturated heterocycles. The smallest absolute Gasteiger partial charge is 0.249 e. The van der Waals surface area contributed by atoms with Crippen LogP contribution in [-0.2, 0) is 20.7 Å². The number of likely N-dealkylation sites (tertiary alicyclic amines) is 2. The molecule has 1 unspecified atom stereocenters. The number of nitrogens with zero attached hydrogens (tertiary/aromatic N) is 4. The first kappa shape index (κ1) is 41.1. The highest BCUT2D eigenvalue weighted by molar-refractivity contribution is 6.09. The van der Waals surface area contributed by atoms with E-state index in [0.717, 1.165) is 90.9 Å². The van der Waals surface area contributed by atoms with Gasteiger partial charge in [0.2, 0.25) is 17.7 Å². The second kappa shape index (κ2) is 20.0. The van der Waals surface area contributed by atoms with Crippen molar-refractivity contribution in [2.45, 2.75) is 82.5 Å². The number of rotatable bonds is 11. The molecule has 4 fully saturated rings. The third-order valence-electron chi connectivity index (χ3n) is 11.4. The van der Waals surface area contributed by atoms with Gasteiger partial charge in [-0.05, 0) is 75.3 Å². The van der Waals surface area contributed by atoms with Crippen molar-refractivity contribution in [3.05, 3.63) is 70.5 Å². The summed E-state index contributed by atoms with van der Waals surface area (Å²) in [5.74, 6) is -0.418. The number of nitrogens with two attached hydrogens (primary N) is 2. The summed E-state index contributed by atoms with van der Waals surface area (Å²) in [6.07, 6.45) is 10.8. The fourth-order valence-electron chi connectivity index (χ4n) is 7.99. The van der Waals surface area contributed by atoms with E-state index in [1.54, 1.807) is 24.3 Å². The van der Waals surface area contributed by atoms with Crippen LogP contribution in [0.1, 0.15) is 89.6 Å². The second-order valence-corrected chi connectivity index (χ2v) is 15.3. The molecule has 0 aromatic heterocycles. The first-order valence-corrected chi connectivity index (χ1v) is 19.6. The van der Waals surface area contributed by atoms with Gasteiger partial charge in [0.1, 0.15) is 5.82 Å². The van der Waals surface area contributed by atoms with Crippen LogP contribution in [0.25, 0.3) is 0 Å². The Morgan fingerprint density at radius 3 is 2.07 bits per heavy atom. The Labute approximate surface area is 318 Å². The highest BCUT2D eigenvalue weighted by atomic mass is 19.1. The summed E-state index contributed by atoms with van der Waals surface area (Å²) < 4.78 is 19.7. The van der Waals surface area contributed by atoms with E-state index < -0.39 is 11.7 Å². The van der Waals surface area contributed by atoms with Crippen LogP contribution in [0, 0.1) is 17.1 Å². The van der Waals surface area contributed by atoms with Crippen LogP contribution in [0.3, 0.4) is 0 Å². The van der Waals surface area contributed by atoms with Crippen molar-refractivity contribution in [2.24, 2.45) is 17.4 Å². The van der Waals surface area contributed by atoms with Crippen molar-refractivity contribution in [2.75, 3.05) is 66.0 Å². The second-order valence-electron chi connectivity index (χ2n) is 15.3. The van der Waals surface area contributed by atoms with Crippen LogP contribution < -0.4 is 11.5 Å². The Balaban J connectivity index is 0.000000230. The SMILES string of the molecule is CN1CCN(C(=O)CN2CCC(OC3CCN(C(=O)C(N)C4CCCCC4)CC3)CC2)CC1.N=C(Cc1ccc(F)c(C=O)c1)c1ccccc1C(N)=O. The van der Waals surface area contributed by atoms with E-state index in [0.29, 0.717) is 29.9 Å². The molecule has 3 amide bonds. The number of carbonyl (C=O) groups excluding carboxylic acids is 4. The van der Waals surface area contributed by atoms with Gasteiger partial charge in [0.05, 0.1) is 30.4 Å². The van der Waals surface area contributed by atoms with Crippen molar-refractivity contribution in [1.82, 2.24) is 19.6 Å². The van der Waals surface area contributed by atoms with Gasteiger partial charge >= 0.3 is 0 Å². The molecule has 0 spiro atoms. The minimum absolute atomic E-state index is 0.0523. The number of hydrogen-bond acceptors (Lipinski definition) is 9. The van der Waals surface area contributed by atoms with Crippen molar-refractivity contribution in [3.63, 3.8) is 0 Å². The summed E-state index contributed by atoms with van der Waals surface area (Å²) in [5.41, 5.74) is 13.1. The number of piperazine rings is 1. The molecule has 4 aliphatic rings. The molecule has 2 aromatic rings. The number of aldehydes is 1. The quantitative estimate of drug-likeness (QED) is 0.232. The summed E-state index contributed by atoms with van der Waals surface area (Å²) in [7, 11) is 2.11. The van der Waals surface area contributed by atoms with E-state index in [9.17, 15) is 23.6 Å². The van der Waals surface area contributed by atoms with E-state index in [4.69, 9.17) is 21.6 Å². The standard InChI is InChI=1S/C25H45N5O3.C16H13FN2O2/c1-27-15-17-29(18-16-27)23(31)19-28-11-7-21(8-12-28)33-22-9-13-30(14-10-22)25(32)24(26)20-5-3-2-4-6-20;17-14-6-5-10(7-11(14)9-20)8-15(18)12-3-1-2-4-13(12)16(19)21/h20-22,24H,2-19,26H2,1H3;1-7,9,18H,8H2,(H2,19,21). The van der Waals surface area contributed by atoms with Gasteiger partial charge in [-0.3, -0.25) is 24.1 Å². The maximum atomic E-state index is 13.3. The Kier molecular flexibility index (Phi) is 15.3. The number of amides is 3. The molecule has 3 aliphatic heterocycles. The van der Waals surface area contributed by atoms with Gasteiger partial charge < -0.3 is 36.3 Å². The first-order valence-electron chi connectivity index (χ1n) is 19.6. The highest BCUT2D eigenvalue weighted by Crippen LogP contribution is 2.28. The molecular formula is C41H58FN7O5. The summed E-state index contributed by atoms with van der Waals surface area (Å²) in [4.78, 5) is 56.1. The lowest BCUT2D eigenvalue weighted by Crippen LogP contribution is -2.52. The third kappa shape index (κ3) is 11.5. The van der Waals surface area contributed by atoms with E-state index in [1.807, 2.05) is 9.80 Å². The molecule has 5 N–H and O–H groups in total. The average molecular weight is 748 g/mol. The molecule has 6 rings (SSSR count). The van der Waals surface area contributed by atoms with Gasteiger partial charge in [-0.2, -0.15) is 0 Å². The number of primary amides is 1. The number of nitrogens with one attached hydrogen (secondary N) is 1. The maximum Gasteiger partial charge on any atom is 0.249 e. The van der Waals surface area contributed by atoms with E-state index >= 15 is 0 Å². The molecule has 12 nitrogen and oxygen atoms in total. The highest BCUT2D eigenvalue weighted by Gasteiger charge is 2.33. The molecule has 13 heteroatoms. The number of carbonyl (C=O) groups is 4. The summed E-state index contributed by atoms with van der Waals surface area (Å²) >= 11 is 0. The predicted molar refractivity (Wildman–Crippen MR) is 206 cm³/mol. The maximum absolute atomic E-state index is 13.3. The van der Waals surface area contributed by atoms with Crippen LogP contribution in [0.2, 0.25) is 0 Å². The zero-order valence-corrected chi connectivity index (χ0v) is 31.7. The number of halogens is 1. The van der Waals surface area contributed by atoms with Gasteiger partial charge in [0, 0.05) is 75.6 Å². The van der Waals surface area contributed by atoms with Gasteiger partial charge in [0.15, 0.2) is 6.29 Å². The molecule has 1 atom stereocenters. The van der Waals surface area contributed by atoms with Gasteiger partial charge in [-0.15, -0.1) is 0 Å². The van der Waals surface area contributed by atoms with E-state index in [1.165, 1.54) is 37.5 Å². The van der Waals surface area contributed by atoms with E-state index in [2.05, 4.69) is 16.8 Å². The fourth-order valence-corrected chi connectivity index (χ4v) is 7.99. The molecule has 54 heavy (non-hydrogen) atoms. The molecule has 3 heterocycles. The monoisotopic (exact) mass is 747 g/mol. The van der Waals surface area contributed by atoms with Gasteiger partial charge in [-0.1, -0.05) is 43.5 Å². The third-order valence-corrected chi connectivity index (χ3v) is 11.4. The normalized spacial score (nSPS) is 20.1. The molecule has 0 bridgehead atoms. The van der Waals surface area contributed by atoms with Crippen LogP contribution in [-0.4, -0.2) is 134 Å². The minimum atomic E-state index is -0.608. The number of hydrogen-bond donors (Lipinski definition) is 3. The largest absolute Gasteiger partial charge is 0.375 e. The van der Waals surface area contributed by atoms with Crippen LogP contribution >= 0.6 is 0 Å². The summed E-state index contributed by atoms with van der Waals surface area (Å²) in [6, 6.07) is 10.3. The van der Waals surface area contributed by atoms with Crippen molar-refractivity contribution >= 4 is 29.7 Å². The molecule has 1 saturated carbocycles. The number of piperidine rings is 2. The molecular weight excluding hydrogens is 689 g/mol. The first-order chi connectivity index (χ1) is 26.0. The number of likely N-dealkylation sites (N-methyl/N-ethyl adjacent to an activating group) is 1. The molecule has 0 radical (unpaired) electrons. The molecule has 1 aliphatic carbocycles. The summed E-state index contributed by atoms with van der Waals surface area (Å²) in [6.45, 7) is 7.57. The summed E-state index contributed by atoms with van der Waals surface area (Å²) in [5, 5.41) is 8.09. The van der Waals surface area contributed by atoms with Crippen LogP contribution in [0.4, 0.5) is 4.39 Å². The average Bonchev–Trinajstić information content (AvgIpc) is 3.20. The Morgan fingerprint density at radius 2 is 1.46 bits per heavy atom. The minimum Gasteiger partial charge on any atom is -0.375 e. The van der Waals surface area contributed by atoms with Crippen LogP contribution in [0.5, 0.6) is 0 Å². The topological polar surface area (TPSA) is 166 Å². The molecule has 2 aromatic carbocycles. The van der Waals surface area contributed by atoms with E-state index in [-0.39, 0.29) is 53.3 Å². The Bertz CT molecular complexity index is 1590. The lowest BCUT2D eigenvalue weighted by molar-refractivity contribution is -0.139. The Hall–Kier alpha value is -4.04. The predicted octanol–water partition coefficient (Wildman–Crippen LogP) is 3.49. The zero-order chi connectivity index (χ0) is 38.6. The number of benzene rings is 2.